The molecule has 0 heterocycles. The van der Waals surface area contributed by atoms with Gasteiger partial charge in [0.2, 0.25) is 0 Å². The van der Waals surface area contributed by atoms with Crippen molar-refractivity contribution in [2.75, 3.05) is 13.2 Å². The molecule has 0 saturated carbocycles. The first-order valence-electron chi connectivity index (χ1n) is 9.12. The number of benzene rings is 2. The minimum Gasteiger partial charge on any atom is -0.491 e. The fourth-order valence-electron chi connectivity index (χ4n) is 2.65. The van der Waals surface area contributed by atoms with Crippen LogP contribution in [0.3, 0.4) is 0 Å². The van der Waals surface area contributed by atoms with E-state index in [0.29, 0.717) is 19.1 Å². The highest BCUT2D eigenvalue weighted by atomic mass is 16.5. The Morgan fingerprint density at radius 2 is 1.77 bits per heavy atom. The maximum atomic E-state index is 12.2. The maximum absolute atomic E-state index is 12.2. The second-order valence-corrected chi connectivity index (χ2v) is 6.86. The van der Waals surface area contributed by atoms with Crippen molar-refractivity contribution in [3.05, 3.63) is 59.2 Å². The van der Waals surface area contributed by atoms with E-state index in [0.717, 1.165) is 22.6 Å². The number of hydrogen-bond donors (Lipinski definition) is 1. The molecule has 0 aliphatic rings. The van der Waals surface area contributed by atoms with Crippen LogP contribution in [-0.4, -0.2) is 25.2 Å². The lowest BCUT2D eigenvalue weighted by atomic mass is 10.0. The predicted octanol–water partition coefficient (Wildman–Crippen LogP) is 4.39. The van der Waals surface area contributed by atoms with Gasteiger partial charge in [-0.05, 0) is 55.5 Å². The van der Waals surface area contributed by atoms with Crippen molar-refractivity contribution < 1.29 is 14.3 Å². The van der Waals surface area contributed by atoms with Gasteiger partial charge >= 0.3 is 0 Å². The minimum absolute atomic E-state index is 0.147. The van der Waals surface area contributed by atoms with Crippen molar-refractivity contribution in [2.45, 2.75) is 46.6 Å². The number of para-hydroxylation sites is 1. The Labute approximate surface area is 156 Å². The third-order valence-corrected chi connectivity index (χ3v) is 4.22. The fourth-order valence-corrected chi connectivity index (χ4v) is 2.65. The maximum Gasteiger partial charge on any atom is 0.260 e. The van der Waals surface area contributed by atoms with E-state index in [1.165, 1.54) is 5.56 Å². The Morgan fingerprint density at radius 3 is 2.50 bits per heavy atom. The molecule has 140 valence electrons. The zero-order chi connectivity index (χ0) is 19.1. The third-order valence-electron chi connectivity index (χ3n) is 4.22. The van der Waals surface area contributed by atoms with E-state index in [1.807, 2.05) is 50.2 Å². The van der Waals surface area contributed by atoms with Crippen molar-refractivity contribution in [2.24, 2.45) is 0 Å². The largest absolute Gasteiger partial charge is 0.491 e. The van der Waals surface area contributed by atoms with Gasteiger partial charge in [-0.1, -0.05) is 44.2 Å². The van der Waals surface area contributed by atoms with Crippen molar-refractivity contribution in [3.63, 3.8) is 0 Å². The van der Waals surface area contributed by atoms with Gasteiger partial charge in [-0.3, -0.25) is 4.79 Å². The van der Waals surface area contributed by atoms with Gasteiger partial charge in [-0.2, -0.15) is 0 Å². The van der Waals surface area contributed by atoms with Gasteiger partial charge in [0, 0.05) is 0 Å². The van der Waals surface area contributed by atoms with Crippen LogP contribution in [0.4, 0.5) is 0 Å². The second kappa shape index (κ2) is 9.27. The predicted molar refractivity (Wildman–Crippen MR) is 105 cm³/mol. The lowest BCUT2D eigenvalue weighted by molar-refractivity contribution is -0.127. The van der Waals surface area contributed by atoms with Crippen LogP contribution in [0.1, 0.15) is 43.4 Å². The molecule has 1 amide bonds. The fraction of sp³-hybridized carbons (Fsp3) is 0.409. The van der Waals surface area contributed by atoms with Gasteiger partial charge in [0.15, 0.2) is 6.10 Å². The summed E-state index contributed by atoms with van der Waals surface area (Å²) in [5.74, 6) is 1.87. The molecule has 0 aliphatic carbocycles. The van der Waals surface area contributed by atoms with Crippen LogP contribution in [0.25, 0.3) is 0 Å². The van der Waals surface area contributed by atoms with Crippen molar-refractivity contribution in [1.29, 1.82) is 0 Å². The Balaban J connectivity index is 1.81. The molecule has 4 heteroatoms. The molecule has 0 saturated heterocycles. The van der Waals surface area contributed by atoms with E-state index < -0.39 is 6.10 Å². The zero-order valence-corrected chi connectivity index (χ0v) is 16.3. The first kappa shape index (κ1) is 19.8. The third kappa shape index (κ3) is 5.51. The highest BCUT2D eigenvalue weighted by Gasteiger charge is 2.15. The smallest absolute Gasteiger partial charge is 0.260 e. The molecule has 2 aromatic carbocycles. The molecule has 2 rings (SSSR count). The average molecular weight is 355 g/mol. The molecule has 0 unspecified atom stereocenters. The number of aryl methyl sites for hydroxylation is 2. The molecule has 0 radical (unpaired) electrons. The van der Waals surface area contributed by atoms with Gasteiger partial charge in [-0.15, -0.1) is 0 Å². The molecular weight excluding hydrogens is 326 g/mol. The normalized spacial score (nSPS) is 11.9. The summed E-state index contributed by atoms with van der Waals surface area (Å²) in [5, 5.41) is 2.87. The number of ether oxygens (including phenoxy) is 2. The first-order valence-corrected chi connectivity index (χ1v) is 9.12. The molecule has 0 aromatic heterocycles. The first-order chi connectivity index (χ1) is 12.4. The van der Waals surface area contributed by atoms with E-state index in [1.54, 1.807) is 6.92 Å². The summed E-state index contributed by atoms with van der Waals surface area (Å²) >= 11 is 0. The zero-order valence-electron chi connectivity index (χ0n) is 16.3. The van der Waals surface area contributed by atoms with E-state index in [-0.39, 0.29) is 5.91 Å². The van der Waals surface area contributed by atoms with Crippen LogP contribution >= 0.6 is 0 Å². The SMILES string of the molecule is Cc1ccc(C)c(O[C@@H](C)C(=O)NCCOc2ccccc2C(C)C)c1. The number of carbonyl (C=O) groups is 1. The molecule has 1 N–H and O–H groups in total. The summed E-state index contributed by atoms with van der Waals surface area (Å²) in [6.45, 7) is 10.9. The number of carbonyl (C=O) groups excluding carboxylic acids is 1. The standard InChI is InChI=1S/C22H29NO3/c1-15(2)19-8-6-7-9-20(19)25-13-12-23-22(24)18(5)26-21-14-16(3)10-11-17(21)4/h6-11,14-15,18H,12-13H2,1-5H3,(H,23,24)/t18-/m0/s1. The van der Waals surface area contributed by atoms with Crippen molar-refractivity contribution in [3.8, 4) is 11.5 Å². The second-order valence-electron chi connectivity index (χ2n) is 6.86. The molecule has 0 bridgehead atoms. The summed E-state index contributed by atoms with van der Waals surface area (Å²) in [6, 6.07) is 14.0. The molecular formula is C22H29NO3. The number of nitrogens with one attached hydrogen (secondary N) is 1. The number of amides is 1. The van der Waals surface area contributed by atoms with E-state index in [2.05, 4.69) is 25.2 Å². The van der Waals surface area contributed by atoms with Crippen LogP contribution in [0.15, 0.2) is 42.5 Å². The van der Waals surface area contributed by atoms with E-state index in [4.69, 9.17) is 9.47 Å². The molecule has 0 aliphatic heterocycles. The number of rotatable bonds is 8. The summed E-state index contributed by atoms with van der Waals surface area (Å²) < 4.78 is 11.6. The Morgan fingerprint density at radius 1 is 1.04 bits per heavy atom. The lowest BCUT2D eigenvalue weighted by Crippen LogP contribution is -2.38. The molecule has 4 nitrogen and oxygen atoms in total. The number of hydrogen-bond acceptors (Lipinski definition) is 3. The lowest BCUT2D eigenvalue weighted by Gasteiger charge is -2.17. The highest BCUT2D eigenvalue weighted by molar-refractivity contribution is 5.80. The van der Waals surface area contributed by atoms with E-state index >= 15 is 0 Å². The van der Waals surface area contributed by atoms with Gasteiger partial charge in [0.05, 0.1) is 6.54 Å². The summed E-state index contributed by atoms with van der Waals surface area (Å²) in [5.41, 5.74) is 3.30. The monoisotopic (exact) mass is 355 g/mol. The topological polar surface area (TPSA) is 47.6 Å². The summed E-state index contributed by atoms with van der Waals surface area (Å²) in [4.78, 5) is 12.2. The molecule has 1 atom stereocenters. The van der Waals surface area contributed by atoms with Crippen molar-refractivity contribution in [1.82, 2.24) is 5.32 Å². The van der Waals surface area contributed by atoms with Gasteiger partial charge < -0.3 is 14.8 Å². The quantitative estimate of drug-likeness (QED) is 0.715. The van der Waals surface area contributed by atoms with E-state index in [9.17, 15) is 4.79 Å². The van der Waals surface area contributed by atoms with Crippen LogP contribution in [0.5, 0.6) is 11.5 Å². The summed E-state index contributed by atoms with van der Waals surface area (Å²) in [6.07, 6.45) is -0.557. The molecule has 2 aromatic rings. The minimum atomic E-state index is -0.557. The van der Waals surface area contributed by atoms with Crippen LogP contribution in [0.2, 0.25) is 0 Å². The highest BCUT2D eigenvalue weighted by Crippen LogP contribution is 2.25. The molecule has 0 spiro atoms. The Kier molecular flexibility index (Phi) is 7.07. The Bertz CT molecular complexity index is 740. The average Bonchev–Trinajstić information content (AvgIpc) is 2.61. The van der Waals surface area contributed by atoms with Crippen LogP contribution < -0.4 is 14.8 Å². The van der Waals surface area contributed by atoms with Crippen molar-refractivity contribution >= 4 is 5.91 Å². The van der Waals surface area contributed by atoms with Crippen LogP contribution in [-0.2, 0) is 4.79 Å². The Hall–Kier alpha value is -2.49. The van der Waals surface area contributed by atoms with Gasteiger partial charge in [0.25, 0.3) is 5.91 Å². The molecule has 0 fully saturated rings. The summed E-state index contributed by atoms with van der Waals surface area (Å²) in [7, 11) is 0. The van der Waals surface area contributed by atoms with Gasteiger partial charge in [0.1, 0.15) is 18.1 Å². The molecule has 26 heavy (non-hydrogen) atoms. The van der Waals surface area contributed by atoms with Crippen LogP contribution in [0, 0.1) is 13.8 Å². The van der Waals surface area contributed by atoms with Gasteiger partial charge in [-0.25, -0.2) is 0 Å².